The van der Waals surface area contributed by atoms with Gasteiger partial charge < -0.3 is 10.2 Å². The number of nitrogens with one attached hydrogen (secondary N) is 2. The van der Waals surface area contributed by atoms with Gasteiger partial charge >= 0.3 is 0 Å². The van der Waals surface area contributed by atoms with E-state index in [-0.39, 0.29) is 4.90 Å². The molecular formula is C24H21N3O4S. The van der Waals surface area contributed by atoms with Gasteiger partial charge in [-0.25, -0.2) is 8.42 Å². The number of carbonyl (C=O) groups excluding carboxylic acids is 2. The molecule has 2 aliphatic rings. The Bertz CT molecular complexity index is 1350. The van der Waals surface area contributed by atoms with Crippen LogP contribution in [0.1, 0.15) is 21.5 Å². The minimum atomic E-state index is -3.73. The van der Waals surface area contributed by atoms with E-state index in [1.807, 2.05) is 13.1 Å². The van der Waals surface area contributed by atoms with E-state index in [0.29, 0.717) is 23.5 Å². The molecule has 3 aromatic rings. The number of benzene rings is 3. The first-order valence-corrected chi connectivity index (χ1v) is 11.7. The van der Waals surface area contributed by atoms with Crippen LogP contribution >= 0.6 is 0 Å². The molecular weight excluding hydrogens is 426 g/mol. The summed E-state index contributed by atoms with van der Waals surface area (Å²) in [4.78, 5) is 26.7. The standard InChI is InChI=1S/C24H21N3O4S/c1-27-12-11-18-19(13-20-22(21(18)14-27)25-24(29)23(20)28)15-7-9-17(10-8-15)32(30,31)26-16-5-3-2-4-6-16/h2-10,13,26H,11-12,14H2,1H3,(H,25,28,29). The van der Waals surface area contributed by atoms with Gasteiger partial charge in [0.25, 0.3) is 21.7 Å². The maximum atomic E-state index is 12.7. The Balaban J connectivity index is 1.54. The van der Waals surface area contributed by atoms with Crippen LogP contribution in [0.4, 0.5) is 11.4 Å². The van der Waals surface area contributed by atoms with Gasteiger partial charge in [-0.15, -0.1) is 0 Å². The molecule has 0 spiro atoms. The second-order valence-electron chi connectivity index (χ2n) is 8.07. The number of likely N-dealkylation sites (N-methyl/N-ethyl adjacent to an activating group) is 1. The minimum absolute atomic E-state index is 0.146. The summed E-state index contributed by atoms with van der Waals surface area (Å²) >= 11 is 0. The SMILES string of the molecule is CN1CCc2c(-c3ccc(S(=O)(=O)Nc4ccccc4)cc3)cc3c(c2C1)NC(=O)C3=O. The van der Waals surface area contributed by atoms with Gasteiger partial charge in [-0.1, -0.05) is 30.3 Å². The Hall–Kier alpha value is -3.49. The van der Waals surface area contributed by atoms with Crippen molar-refractivity contribution in [1.29, 1.82) is 0 Å². The quantitative estimate of drug-likeness (QED) is 0.599. The van der Waals surface area contributed by atoms with E-state index in [2.05, 4.69) is 14.9 Å². The average Bonchev–Trinajstić information content (AvgIpc) is 3.07. The Morgan fingerprint density at radius 2 is 1.66 bits per heavy atom. The van der Waals surface area contributed by atoms with E-state index < -0.39 is 21.7 Å². The number of carbonyl (C=O) groups is 2. The summed E-state index contributed by atoms with van der Waals surface area (Å²) in [6.45, 7) is 1.49. The third-order valence-electron chi connectivity index (χ3n) is 5.91. The van der Waals surface area contributed by atoms with E-state index in [0.717, 1.165) is 35.2 Å². The lowest BCUT2D eigenvalue weighted by Crippen LogP contribution is -2.27. The van der Waals surface area contributed by atoms with Crippen LogP contribution in [0, 0.1) is 0 Å². The van der Waals surface area contributed by atoms with Crippen LogP contribution in [0.2, 0.25) is 0 Å². The van der Waals surface area contributed by atoms with Gasteiger partial charge in [-0.3, -0.25) is 14.3 Å². The molecule has 5 rings (SSSR count). The highest BCUT2D eigenvalue weighted by atomic mass is 32.2. The lowest BCUT2D eigenvalue weighted by Gasteiger charge is -2.29. The molecule has 0 atom stereocenters. The van der Waals surface area contributed by atoms with Gasteiger partial charge in [-0.2, -0.15) is 0 Å². The predicted molar refractivity (Wildman–Crippen MR) is 122 cm³/mol. The first kappa shape index (κ1) is 20.4. The summed E-state index contributed by atoms with van der Waals surface area (Å²) in [5.41, 5.74) is 5.17. The molecule has 2 heterocycles. The molecule has 0 saturated carbocycles. The van der Waals surface area contributed by atoms with Gasteiger partial charge in [-0.05, 0) is 66.1 Å². The normalized spacial score (nSPS) is 15.8. The van der Waals surface area contributed by atoms with Crippen molar-refractivity contribution in [3.05, 3.63) is 77.4 Å². The molecule has 8 heteroatoms. The van der Waals surface area contributed by atoms with Crippen molar-refractivity contribution in [2.24, 2.45) is 0 Å². The van der Waals surface area contributed by atoms with Crippen LogP contribution in [0.3, 0.4) is 0 Å². The summed E-state index contributed by atoms with van der Waals surface area (Å²) in [6.07, 6.45) is 0.772. The number of sulfonamides is 1. The number of rotatable bonds is 4. The number of anilines is 2. The summed E-state index contributed by atoms with van der Waals surface area (Å²) in [6, 6.07) is 17.1. The Labute approximate surface area is 186 Å². The van der Waals surface area contributed by atoms with Crippen molar-refractivity contribution < 1.29 is 18.0 Å². The van der Waals surface area contributed by atoms with Crippen molar-refractivity contribution >= 4 is 33.1 Å². The molecule has 32 heavy (non-hydrogen) atoms. The third-order valence-corrected chi connectivity index (χ3v) is 7.31. The fraction of sp³-hybridized carbons (Fsp3) is 0.167. The molecule has 0 fully saturated rings. The second-order valence-corrected chi connectivity index (χ2v) is 9.75. The number of hydrogen-bond acceptors (Lipinski definition) is 5. The smallest absolute Gasteiger partial charge is 0.296 e. The zero-order valence-corrected chi connectivity index (χ0v) is 18.2. The Morgan fingerprint density at radius 1 is 0.938 bits per heavy atom. The average molecular weight is 448 g/mol. The van der Waals surface area contributed by atoms with Gasteiger partial charge in [0.2, 0.25) is 0 Å². The van der Waals surface area contributed by atoms with E-state index >= 15 is 0 Å². The highest BCUT2D eigenvalue weighted by molar-refractivity contribution is 7.92. The van der Waals surface area contributed by atoms with E-state index in [4.69, 9.17) is 0 Å². The maximum absolute atomic E-state index is 12.7. The van der Waals surface area contributed by atoms with Crippen LogP contribution in [0.5, 0.6) is 0 Å². The van der Waals surface area contributed by atoms with Gasteiger partial charge in [0.15, 0.2) is 0 Å². The highest BCUT2D eigenvalue weighted by Gasteiger charge is 2.34. The first-order chi connectivity index (χ1) is 15.3. The number of fused-ring (bicyclic) bond motifs is 3. The van der Waals surface area contributed by atoms with Crippen LogP contribution in [-0.2, 0) is 27.8 Å². The summed E-state index contributed by atoms with van der Waals surface area (Å²) in [5, 5.41) is 2.72. The molecule has 0 radical (unpaired) electrons. The molecule has 7 nitrogen and oxygen atoms in total. The molecule has 0 aliphatic carbocycles. The molecule has 0 aromatic heterocycles. The number of ketones is 1. The van der Waals surface area contributed by atoms with Gasteiger partial charge in [0, 0.05) is 18.8 Å². The topological polar surface area (TPSA) is 95.6 Å². The van der Waals surface area contributed by atoms with Crippen LogP contribution in [0.15, 0.2) is 65.6 Å². The number of para-hydroxylation sites is 1. The zero-order chi connectivity index (χ0) is 22.5. The molecule has 1 amide bonds. The fourth-order valence-corrected chi connectivity index (χ4v) is 5.36. The second kappa shape index (κ2) is 7.58. The molecule has 2 aliphatic heterocycles. The number of nitrogens with zero attached hydrogens (tertiary/aromatic N) is 1. The highest BCUT2D eigenvalue weighted by Crippen LogP contribution is 2.40. The Kier molecular flexibility index (Phi) is 4.83. The van der Waals surface area contributed by atoms with E-state index in [1.165, 1.54) is 0 Å². The minimum Gasteiger partial charge on any atom is -0.318 e. The summed E-state index contributed by atoms with van der Waals surface area (Å²) < 4.78 is 28.1. The number of Topliss-reactive ketones (excluding diaryl/α,β-unsaturated/α-hetero) is 1. The molecule has 0 saturated heterocycles. The van der Waals surface area contributed by atoms with Crippen molar-refractivity contribution in [2.45, 2.75) is 17.9 Å². The monoisotopic (exact) mass is 447 g/mol. The van der Waals surface area contributed by atoms with Gasteiger partial charge in [0.05, 0.1) is 16.1 Å². The molecule has 3 aromatic carbocycles. The molecule has 162 valence electrons. The lowest BCUT2D eigenvalue weighted by atomic mass is 9.87. The predicted octanol–water partition coefficient (Wildman–Crippen LogP) is 3.28. The van der Waals surface area contributed by atoms with Crippen molar-refractivity contribution in [2.75, 3.05) is 23.6 Å². The molecule has 2 N–H and O–H groups in total. The summed E-state index contributed by atoms with van der Waals surface area (Å²) in [5.74, 6) is -1.15. The number of amides is 1. The lowest BCUT2D eigenvalue weighted by molar-refractivity contribution is -0.112. The number of hydrogen-bond donors (Lipinski definition) is 2. The fourth-order valence-electron chi connectivity index (χ4n) is 4.30. The van der Waals surface area contributed by atoms with E-state index in [9.17, 15) is 18.0 Å². The largest absolute Gasteiger partial charge is 0.318 e. The molecule has 0 bridgehead atoms. The summed E-state index contributed by atoms with van der Waals surface area (Å²) in [7, 11) is -1.73. The van der Waals surface area contributed by atoms with E-state index in [1.54, 1.807) is 54.6 Å². The first-order valence-electron chi connectivity index (χ1n) is 10.2. The van der Waals surface area contributed by atoms with Crippen LogP contribution in [0.25, 0.3) is 11.1 Å². The Morgan fingerprint density at radius 3 is 2.38 bits per heavy atom. The third kappa shape index (κ3) is 3.47. The van der Waals surface area contributed by atoms with Crippen LogP contribution < -0.4 is 10.0 Å². The zero-order valence-electron chi connectivity index (χ0n) is 17.4. The van der Waals surface area contributed by atoms with Crippen molar-refractivity contribution in [1.82, 2.24) is 4.90 Å². The van der Waals surface area contributed by atoms with Crippen molar-refractivity contribution in [3.63, 3.8) is 0 Å². The van der Waals surface area contributed by atoms with Crippen LogP contribution in [-0.4, -0.2) is 38.6 Å². The molecule has 0 unspecified atom stereocenters. The van der Waals surface area contributed by atoms with Crippen molar-refractivity contribution in [3.8, 4) is 11.1 Å². The maximum Gasteiger partial charge on any atom is 0.296 e. The van der Waals surface area contributed by atoms with Gasteiger partial charge in [0.1, 0.15) is 0 Å².